The zero-order valence-corrected chi connectivity index (χ0v) is 13.2. The Labute approximate surface area is 133 Å². The van der Waals surface area contributed by atoms with Crippen LogP contribution >= 0.6 is 23.2 Å². The third-order valence-corrected chi connectivity index (χ3v) is 4.13. The van der Waals surface area contributed by atoms with Gasteiger partial charge in [0, 0.05) is 23.2 Å². The van der Waals surface area contributed by atoms with E-state index in [0.29, 0.717) is 10.0 Å². The first-order chi connectivity index (χ1) is 10.2. The van der Waals surface area contributed by atoms with E-state index < -0.39 is 0 Å². The lowest BCUT2D eigenvalue weighted by atomic mass is 10.1. The van der Waals surface area contributed by atoms with Gasteiger partial charge in [0.1, 0.15) is 5.75 Å². The molecule has 4 heteroatoms. The molecule has 21 heavy (non-hydrogen) atoms. The van der Waals surface area contributed by atoms with Crippen molar-refractivity contribution >= 4 is 34.1 Å². The van der Waals surface area contributed by atoms with E-state index >= 15 is 0 Å². The van der Waals surface area contributed by atoms with E-state index in [4.69, 9.17) is 27.9 Å². The van der Waals surface area contributed by atoms with Crippen LogP contribution in [0.15, 0.2) is 48.7 Å². The van der Waals surface area contributed by atoms with Crippen molar-refractivity contribution in [2.24, 2.45) is 0 Å². The zero-order valence-electron chi connectivity index (χ0n) is 11.6. The van der Waals surface area contributed by atoms with Gasteiger partial charge in [0.15, 0.2) is 0 Å². The van der Waals surface area contributed by atoms with Gasteiger partial charge in [0.2, 0.25) is 0 Å². The van der Waals surface area contributed by atoms with Crippen molar-refractivity contribution in [3.63, 3.8) is 0 Å². The normalized spacial score (nSPS) is 11.0. The van der Waals surface area contributed by atoms with Gasteiger partial charge < -0.3 is 9.30 Å². The molecular weight excluding hydrogens is 305 g/mol. The summed E-state index contributed by atoms with van der Waals surface area (Å²) in [5, 5.41) is 2.40. The number of aromatic nitrogens is 1. The number of hydrogen-bond donors (Lipinski definition) is 0. The molecule has 0 N–H and O–H groups in total. The smallest absolute Gasteiger partial charge is 0.118 e. The fourth-order valence-corrected chi connectivity index (χ4v) is 3.00. The lowest BCUT2D eigenvalue weighted by molar-refractivity contribution is 0.414. The van der Waals surface area contributed by atoms with Crippen molar-refractivity contribution in [3.05, 3.63) is 64.3 Å². The van der Waals surface area contributed by atoms with E-state index in [1.54, 1.807) is 13.2 Å². The first-order valence-corrected chi connectivity index (χ1v) is 7.50. The lowest BCUT2D eigenvalue weighted by Crippen LogP contribution is -1.99. The Balaban J connectivity index is 1.81. The lowest BCUT2D eigenvalue weighted by Gasteiger charge is -2.07. The van der Waals surface area contributed by atoms with Gasteiger partial charge in [-0.3, -0.25) is 0 Å². The highest BCUT2D eigenvalue weighted by molar-refractivity contribution is 6.38. The average molecular weight is 320 g/mol. The van der Waals surface area contributed by atoms with Crippen molar-refractivity contribution < 1.29 is 4.74 Å². The minimum atomic E-state index is 0.664. The van der Waals surface area contributed by atoms with E-state index in [9.17, 15) is 0 Å². The molecule has 3 rings (SSSR count). The topological polar surface area (TPSA) is 14.2 Å². The highest BCUT2D eigenvalue weighted by atomic mass is 35.5. The Hall–Kier alpha value is -1.64. The Bertz CT molecular complexity index is 762. The molecule has 108 valence electrons. The van der Waals surface area contributed by atoms with Gasteiger partial charge in [-0.2, -0.15) is 0 Å². The molecule has 0 bridgehead atoms. The van der Waals surface area contributed by atoms with Gasteiger partial charge in [0.25, 0.3) is 0 Å². The summed E-state index contributed by atoms with van der Waals surface area (Å²) in [6.45, 7) is 0.881. The summed E-state index contributed by atoms with van der Waals surface area (Å²) in [6, 6.07) is 13.9. The Morgan fingerprint density at radius 2 is 1.81 bits per heavy atom. The van der Waals surface area contributed by atoms with Crippen LogP contribution in [0.4, 0.5) is 0 Å². The molecule has 2 aromatic carbocycles. The predicted molar refractivity (Wildman–Crippen MR) is 88.7 cm³/mol. The van der Waals surface area contributed by atoms with Crippen molar-refractivity contribution in [1.29, 1.82) is 0 Å². The van der Waals surface area contributed by atoms with Gasteiger partial charge >= 0.3 is 0 Å². The zero-order chi connectivity index (χ0) is 14.8. The molecule has 0 aliphatic heterocycles. The van der Waals surface area contributed by atoms with E-state index in [2.05, 4.69) is 22.9 Å². The average Bonchev–Trinajstić information content (AvgIpc) is 2.89. The standard InChI is InChI=1S/C17H15Cl2NO/c1-21-14-4-2-12(3-5-14)6-8-20-9-7-15-16(19)10-13(18)11-17(15)20/h2-5,7,9-11H,6,8H2,1H3. The number of benzene rings is 2. The first-order valence-electron chi connectivity index (χ1n) is 6.74. The Morgan fingerprint density at radius 3 is 2.52 bits per heavy atom. The first kappa shape index (κ1) is 14.3. The van der Waals surface area contributed by atoms with Gasteiger partial charge in [-0.1, -0.05) is 35.3 Å². The second kappa shape index (κ2) is 6.00. The van der Waals surface area contributed by atoms with Gasteiger partial charge in [-0.15, -0.1) is 0 Å². The van der Waals surface area contributed by atoms with Crippen LogP contribution in [0.1, 0.15) is 5.56 Å². The molecule has 0 saturated carbocycles. The number of halogens is 2. The van der Waals surface area contributed by atoms with Crippen LogP contribution in [0.5, 0.6) is 5.75 Å². The van der Waals surface area contributed by atoms with Crippen molar-refractivity contribution in [3.8, 4) is 5.75 Å². The van der Waals surface area contributed by atoms with Crippen LogP contribution in [-0.2, 0) is 13.0 Å². The van der Waals surface area contributed by atoms with Gasteiger partial charge in [0.05, 0.1) is 17.6 Å². The van der Waals surface area contributed by atoms with E-state index in [1.807, 2.05) is 24.3 Å². The highest BCUT2D eigenvalue weighted by Gasteiger charge is 2.06. The van der Waals surface area contributed by atoms with Crippen molar-refractivity contribution in [1.82, 2.24) is 4.57 Å². The molecule has 0 atom stereocenters. The molecular formula is C17H15Cl2NO. The number of methoxy groups -OCH3 is 1. The van der Waals surface area contributed by atoms with Crippen LogP contribution in [0.25, 0.3) is 10.9 Å². The van der Waals surface area contributed by atoms with E-state index in [0.717, 1.165) is 29.6 Å². The van der Waals surface area contributed by atoms with Crippen LogP contribution in [-0.4, -0.2) is 11.7 Å². The fraction of sp³-hybridized carbons (Fsp3) is 0.176. The highest BCUT2D eigenvalue weighted by Crippen LogP contribution is 2.28. The van der Waals surface area contributed by atoms with Crippen LogP contribution in [0, 0.1) is 0 Å². The Kier molecular flexibility index (Phi) is 4.09. The summed E-state index contributed by atoms with van der Waals surface area (Å²) in [5.41, 5.74) is 2.34. The molecule has 1 heterocycles. The summed E-state index contributed by atoms with van der Waals surface area (Å²) in [7, 11) is 1.68. The quantitative estimate of drug-likeness (QED) is 0.644. The maximum absolute atomic E-state index is 6.21. The molecule has 0 aliphatic carbocycles. The van der Waals surface area contributed by atoms with Crippen molar-refractivity contribution in [2.45, 2.75) is 13.0 Å². The minimum Gasteiger partial charge on any atom is -0.497 e. The molecule has 3 aromatic rings. The van der Waals surface area contributed by atoms with Crippen LogP contribution < -0.4 is 4.74 Å². The third kappa shape index (κ3) is 3.02. The SMILES string of the molecule is COc1ccc(CCn2ccc3c(Cl)cc(Cl)cc32)cc1. The Morgan fingerprint density at radius 1 is 1.05 bits per heavy atom. The number of ether oxygens (including phenoxy) is 1. The molecule has 0 fully saturated rings. The second-order valence-corrected chi connectivity index (χ2v) is 5.77. The van der Waals surface area contributed by atoms with Gasteiger partial charge in [-0.25, -0.2) is 0 Å². The molecule has 0 amide bonds. The molecule has 0 radical (unpaired) electrons. The second-order valence-electron chi connectivity index (χ2n) is 4.93. The minimum absolute atomic E-state index is 0.664. The van der Waals surface area contributed by atoms with E-state index in [1.165, 1.54) is 5.56 Å². The van der Waals surface area contributed by atoms with Crippen LogP contribution in [0.3, 0.4) is 0 Å². The molecule has 0 spiro atoms. The molecule has 0 unspecified atom stereocenters. The van der Waals surface area contributed by atoms with Crippen LogP contribution in [0.2, 0.25) is 10.0 Å². The van der Waals surface area contributed by atoms with Gasteiger partial charge in [-0.05, 0) is 42.3 Å². The number of aryl methyl sites for hydroxylation is 2. The summed E-state index contributed by atoms with van der Waals surface area (Å²) in [6.07, 6.45) is 2.99. The molecule has 2 nitrogen and oxygen atoms in total. The maximum atomic E-state index is 6.21. The van der Waals surface area contributed by atoms with E-state index in [-0.39, 0.29) is 0 Å². The molecule has 0 aliphatic rings. The predicted octanol–water partition coefficient (Wildman–Crippen LogP) is 5.20. The summed E-state index contributed by atoms with van der Waals surface area (Å²) >= 11 is 12.3. The third-order valence-electron chi connectivity index (χ3n) is 3.60. The number of hydrogen-bond acceptors (Lipinski definition) is 1. The molecule has 0 saturated heterocycles. The molecule has 1 aromatic heterocycles. The monoisotopic (exact) mass is 319 g/mol. The largest absolute Gasteiger partial charge is 0.497 e. The number of nitrogens with zero attached hydrogens (tertiary/aromatic N) is 1. The summed E-state index contributed by atoms with van der Waals surface area (Å²) < 4.78 is 7.35. The number of rotatable bonds is 4. The summed E-state index contributed by atoms with van der Waals surface area (Å²) in [4.78, 5) is 0. The fourth-order valence-electron chi connectivity index (χ4n) is 2.46. The van der Waals surface area contributed by atoms with Crippen molar-refractivity contribution in [2.75, 3.05) is 7.11 Å². The maximum Gasteiger partial charge on any atom is 0.118 e. The summed E-state index contributed by atoms with van der Waals surface area (Å²) in [5.74, 6) is 0.878. The number of fused-ring (bicyclic) bond motifs is 1.